The number of rotatable bonds is 4. The lowest BCUT2D eigenvalue weighted by Gasteiger charge is -2.08. The van der Waals surface area contributed by atoms with Gasteiger partial charge in [0.15, 0.2) is 0 Å². The predicted molar refractivity (Wildman–Crippen MR) is 73.7 cm³/mol. The minimum atomic E-state index is -0.394. The first-order valence-electron chi connectivity index (χ1n) is 6.06. The molecular weight excluding hydrogens is 244 g/mol. The van der Waals surface area contributed by atoms with Crippen molar-refractivity contribution in [3.05, 3.63) is 45.8 Å². The number of aromatic nitrogens is 2. The number of benzene rings is 1. The van der Waals surface area contributed by atoms with Crippen LogP contribution in [-0.4, -0.2) is 14.7 Å². The van der Waals surface area contributed by atoms with E-state index in [4.69, 9.17) is 0 Å². The summed E-state index contributed by atoms with van der Waals surface area (Å²) < 4.78 is 1.73. The molecule has 0 amide bonds. The Morgan fingerprint density at radius 1 is 1.42 bits per heavy atom. The summed E-state index contributed by atoms with van der Waals surface area (Å²) in [6.45, 7) is 3.93. The van der Waals surface area contributed by atoms with Crippen molar-refractivity contribution in [3.63, 3.8) is 0 Å². The number of anilines is 2. The topological polar surface area (TPSA) is 73.0 Å². The number of nitrogens with zero attached hydrogens (tertiary/aromatic N) is 3. The summed E-state index contributed by atoms with van der Waals surface area (Å²) in [6.07, 6.45) is 2.67. The number of nitro groups is 1. The lowest BCUT2D eigenvalue weighted by atomic mass is 10.1. The second kappa shape index (κ2) is 5.09. The van der Waals surface area contributed by atoms with Gasteiger partial charge in [-0.25, -0.2) is 0 Å². The maximum atomic E-state index is 10.8. The van der Waals surface area contributed by atoms with Gasteiger partial charge in [-0.2, -0.15) is 5.10 Å². The molecule has 1 aromatic carbocycles. The molecular formula is C13H16N4O2. The molecule has 100 valence electrons. The average Bonchev–Trinajstić information content (AvgIpc) is 2.72. The van der Waals surface area contributed by atoms with Crippen molar-refractivity contribution < 1.29 is 4.92 Å². The molecule has 6 heteroatoms. The van der Waals surface area contributed by atoms with Gasteiger partial charge in [-0.05, 0) is 18.9 Å². The molecule has 19 heavy (non-hydrogen) atoms. The lowest BCUT2D eigenvalue weighted by Crippen LogP contribution is -1.97. The third-order valence-electron chi connectivity index (χ3n) is 2.94. The summed E-state index contributed by atoms with van der Waals surface area (Å²) in [5.74, 6) is 0. The lowest BCUT2D eigenvalue weighted by molar-refractivity contribution is -0.384. The predicted octanol–water partition coefficient (Wildman–Crippen LogP) is 2.94. The van der Waals surface area contributed by atoms with Crippen molar-refractivity contribution in [1.29, 1.82) is 0 Å². The molecule has 0 saturated heterocycles. The smallest absolute Gasteiger partial charge is 0.271 e. The zero-order valence-electron chi connectivity index (χ0n) is 11.2. The van der Waals surface area contributed by atoms with E-state index in [1.807, 2.05) is 27.1 Å². The molecule has 0 aliphatic heterocycles. The highest BCUT2D eigenvalue weighted by molar-refractivity contribution is 5.66. The number of aryl methyl sites for hydroxylation is 3. The number of hydrogen-bond donors (Lipinski definition) is 1. The maximum Gasteiger partial charge on any atom is 0.271 e. The van der Waals surface area contributed by atoms with Gasteiger partial charge in [0, 0.05) is 31.1 Å². The molecule has 1 N–H and O–H groups in total. The van der Waals surface area contributed by atoms with E-state index in [-0.39, 0.29) is 5.69 Å². The number of nitrogens with one attached hydrogen (secondary N) is 1. The Morgan fingerprint density at radius 3 is 2.79 bits per heavy atom. The van der Waals surface area contributed by atoms with Crippen LogP contribution in [0.1, 0.15) is 18.2 Å². The Morgan fingerprint density at radius 2 is 2.16 bits per heavy atom. The number of non-ortho nitro benzene ring substituents is 1. The molecule has 6 nitrogen and oxygen atoms in total. The standard InChI is InChI=1S/C13H16N4O2/c1-4-11-13(8-16(3)15-11)14-12-7-10(17(18)19)6-5-9(12)2/h5-8,14H,4H2,1-3H3. The monoisotopic (exact) mass is 260 g/mol. The van der Waals surface area contributed by atoms with E-state index in [1.165, 1.54) is 6.07 Å². The van der Waals surface area contributed by atoms with Crippen molar-refractivity contribution in [1.82, 2.24) is 9.78 Å². The largest absolute Gasteiger partial charge is 0.352 e. The summed E-state index contributed by atoms with van der Waals surface area (Å²) >= 11 is 0. The van der Waals surface area contributed by atoms with Gasteiger partial charge in [0.2, 0.25) is 0 Å². The third-order valence-corrected chi connectivity index (χ3v) is 2.94. The second-order valence-electron chi connectivity index (χ2n) is 4.40. The SMILES string of the molecule is CCc1nn(C)cc1Nc1cc([N+](=O)[O-])ccc1C. The first-order chi connectivity index (χ1) is 9.01. The Labute approximate surface area is 111 Å². The molecule has 0 saturated carbocycles. The third kappa shape index (κ3) is 2.73. The van der Waals surface area contributed by atoms with Gasteiger partial charge in [-0.3, -0.25) is 14.8 Å². The molecule has 0 aliphatic rings. The zero-order valence-corrected chi connectivity index (χ0v) is 11.2. The summed E-state index contributed by atoms with van der Waals surface area (Å²) in [5.41, 5.74) is 3.59. The van der Waals surface area contributed by atoms with E-state index in [1.54, 1.807) is 16.8 Å². The molecule has 0 spiro atoms. The fourth-order valence-electron chi connectivity index (χ4n) is 1.90. The van der Waals surface area contributed by atoms with Crippen LogP contribution < -0.4 is 5.32 Å². The molecule has 0 aliphatic carbocycles. The quantitative estimate of drug-likeness (QED) is 0.677. The van der Waals surface area contributed by atoms with Crippen LogP contribution in [0.4, 0.5) is 17.1 Å². The number of nitro benzene ring substituents is 1. The van der Waals surface area contributed by atoms with E-state index >= 15 is 0 Å². The molecule has 1 aromatic heterocycles. The fourth-order valence-corrected chi connectivity index (χ4v) is 1.90. The van der Waals surface area contributed by atoms with Gasteiger partial charge in [-0.1, -0.05) is 13.0 Å². The van der Waals surface area contributed by atoms with Crippen LogP contribution in [0.3, 0.4) is 0 Å². The van der Waals surface area contributed by atoms with Crippen molar-refractivity contribution in [2.45, 2.75) is 20.3 Å². The molecule has 0 radical (unpaired) electrons. The molecule has 1 heterocycles. The van der Waals surface area contributed by atoms with Crippen LogP contribution >= 0.6 is 0 Å². The zero-order chi connectivity index (χ0) is 14.0. The summed E-state index contributed by atoms with van der Waals surface area (Å²) in [5, 5.41) is 18.4. The van der Waals surface area contributed by atoms with Crippen molar-refractivity contribution in [3.8, 4) is 0 Å². The van der Waals surface area contributed by atoms with Crippen molar-refractivity contribution in [2.24, 2.45) is 7.05 Å². The van der Waals surface area contributed by atoms with Crippen LogP contribution in [0, 0.1) is 17.0 Å². The maximum absolute atomic E-state index is 10.8. The molecule has 2 aromatic rings. The van der Waals surface area contributed by atoms with Crippen molar-refractivity contribution >= 4 is 17.1 Å². The summed E-state index contributed by atoms with van der Waals surface area (Å²) in [6, 6.07) is 4.79. The molecule has 0 unspecified atom stereocenters. The van der Waals surface area contributed by atoms with Crippen LogP contribution in [0.15, 0.2) is 24.4 Å². The van der Waals surface area contributed by atoms with Gasteiger partial charge in [0.1, 0.15) is 0 Å². The second-order valence-corrected chi connectivity index (χ2v) is 4.40. The minimum absolute atomic E-state index is 0.0787. The van der Waals surface area contributed by atoms with Crippen LogP contribution in [0.25, 0.3) is 0 Å². The Balaban J connectivity index is 2.36. The Hall–Kier alpha value is -2.37. The average molecular weight is 260 g/mol. The molecule has 0 atom stereocenters. The van der Waals surface area contributed by atoms with Crippen LogP contribution in [0.5, 0.6) is 0 Å². The van der Waals surface area contributed by atoms with Gasteiger partial charge >= 0.3 is 0 Å². The van der Waals surface area contributed by atoms with E-state index in [0.717, 1.165) is 29.1 Å². The highest BCUT2D eigenvalue weighted by Gasteiger charge is 2.11. The minimum Gasteiger partial charge on any atom is -0.352 e. The first kappa shape index (κ1) is 13.1. The normalized spacial score (nSPS) is 10.5. The van der Waals surface area contributed by atoms with Crippen LogP contribution in [-0.2, 0) is 13.5 Å². The Kier molecular flexibility index (Phi) is 3.50. The fraction of sp³-hybridized carbons (Fsp3) is 0.308. The first-order valence-corrected chi connectivity index (χ1v) is 6.06. The van der Waals surface area contributed by atoms with E-state index in [0.29, 0.717) is 0 Å². The molecule has 0 bridgehead atoms. The highest BCUT2D eigenvalue weighted by atomic mass is 16.6. The summed E-state index contributed by atoms with van der Waals surface area (Å²) in [7, 11) is 1.85. The summed E-state index contributed by atoms with van der Waals surface area (Å²) in [4.78, 5) is 10.4. The van der Waals surface area contributed by atoms with Gasteiger partial charge in [-0.15, -0.1) is 0 Å². The molecule has 0 fully saturated rings. The van der Waals surface area contributed by atoms with Gasteiger partial charge in [0.25, 0.3) is 5.69 Å². The highest BCUT2D eigenvalue weighted by Crippen LogP contribution is 2.26. The van der Waals surface area contributed by atoms with E-state index in [9.17, 15) is 10.1 Å². The van der Waals surface area contributed by atoms with Crippen LogP contribution in [0.2, 0.25) is 0 Å². The Bertz CT molecular complexity index is 619. The molecule has 2 rings (SSSR count). The number of hydrogen-bond acceptors (Lipinski definition) is 4. The van der Waals surface area contributed by atoms with E-state index in [2.05, 4.69) is 10.4 Å². The van der Waals surface area contributed by atoms with Gasteiger partial charge < -0.3 is 5.32 Å². The van der Waals surface area contributed by atoms with Crippen molar-refractivity contribution in [2.75, 3.05) is 5.32 Å². The van der Waals surface area contributed by atoms with Gasteiger partial charge in [0.05, 0.1) is 16.3 Å². The van der Waals surface area contributed by atoms with E-state index < -0.39 is 4.92 Å².